The quantitative estimate of drug-likeness (QED) is 0.403. The summed E-state index contributed by atoms with van der Waals surface area (Å²) in [5.74, 6) is 1.64. The Balaban J connectivity index is 0.00000264. The molecular weight excluding hydrogens is 407 g/mol. The van der Waals surface area contributed by atoms with Gasteiger partial charge in [-0.25, -0.2) is 4.79 Å². The molecule has 0 radical (unpaired) electrons. The molecule has 1 amide bonds. The molecule has 2 N–H and O–H groups in total. The van der Waals surface area contributed by atoms with Gasteiger partial charge in [-0.15, -0.1) is 24.0 Å². The number of rotatable bonds is 4. The molecule has 0 aromatic carbocycles. The Hall–Kier alpha value is -0.730. The Morgan fingerprint density at radius 1 is 1.30 bits per heavy atom. The highest BCUT2D eigenvalue weighted by atomic mass is 127. The Morgan fingerprint density at radius 2 is 1.96 bits per heavy atom. The van der Waals surface area contributed by atoms with Crippen LogP contribution in [-0.2, 0) is 4.74 Å². The largest absolute Gasteiger partial charge is 0.444 e. The fourth-order valence-corrected chi connectivity index (χ4v) is 2.70. The molecule has 7 heteroatoms. The van der Waals surface area contributed by atoms with Crippen molar-refractivity contribution in [1.82, 2.24) is 15.5 Å². The predicted molar refractivity (Wildman–Crippen MR) is 103 cm³/mol. The molecule has 0 bridgehead atoms. The van der Waals surface area contributed by atoms with Crippen molar-refractivity contribution < 1.29 is 9.53 Å². The summed E-state index contributed by atoms with van der Waals surface area (Å²) in [5, 5.41) is 6.84. The third kappa shape index (κ3) is 6.35. The number of hydrogen-bond acceptors (Lipinski definition) is 3. The van der Waals surface area contributed by atoms with Crippen LogP contribution in [0.15, 0.2) is 4.99 Å². The van der Waals surface area contributed by atoms with E-state index in [0.717, 1.165) is 11.9 Å². The van der Waals surface area contributed by atoms with Crippen molar-refractivity contribution >= 4 is 36.0 Å². The summed E-state index contributed by atoms with van der Waals surface area (Å²) < 4.78 is 5.35. The molecule has 1 aliphatic heterocycles. The first kappa shape index (κ1) is 20.3. The zero-order chi connectivity index (χ0) is 16.3. The number of ether oxygens (including phenoxy) is 1. The lowest BCUT2D eigenvalue weighted by Gasteiger charge is -2.40. The highest BCUT2D eigenvalue weighted by molar-refractivity contribution is 14.0. The molecule has 23 heavy (non-hydrogen) atoms. The molecule has 2 aliphatic rings. The van der Waals surface area contributed by atoms with Gasteiger partial charge in [0.05, 0.1) is 6.04 Å². The van der Waals surface area contributed by atoms with E-state index in [4.69, 9.17) is 4.74 Å². The van der Waals surface area contributed by atoms with Gasteiger partial charge in [-0.2, -0.15) is 0 Å². The van der Waals surface area contributed by atoms with E-state index in [1.54, 1.807) is 11.9 Å². The van der Waals surface area contributed by atoms with Gasteiger partial charge in [0.15, 0.2) is 5.96 Å². The lowest BCUT2D eigenvalue weighted by atomic mass is 10.1. The van der Waals surface area contributed by atoms with Crippen LogP contribution in [0.2, 0.25) is 0 Å². The monoisotopic (exact) mass is 438 g/mol. The molecule has 2 atom stereocenters. The van der Waals surface area contributed by atoms with Crippen LogP contribution < -0.4 is 10.6 Å². The highest BCUT2D eigenvalue weighted by Crippen LogP contribution is 2.34. The first-order chi connectivity index (χ1) is 10.3. The van der Waals surface area contributed by atoms with Crippen LogP contribution >= 0.6 is 24.0 Å². The maximum Gasteiger partial charge on any atom is 0.410 e. The van der Waals surface area contributed by atoms with Gasteiger partial charge in [-0.3, -0.25) is 4.99 Å². The number of hydrogen-bond donors (Lipinski definition) is 2. The second-order valence-electron chi connectivity index (χ2n) is 7.33. The molecular formula is C16H31IN4O2. The third-order valence-corrected chi connectivity index (χ3v) is 4.00. The molecule has 6 nitrogen and oxygen atoms in total. The summed E-state index contributed by atoms with van der Waals surface area (Å²) in [6.45, 7) is 9.21. The minimum Gasteiger partial charge on any atom is -0.444 e. The molecule has 2 unspecified atom stereocenters. The van der Waals surface area contributed by atoms with Crippen molar-refractivity contribution in [2.24, 2.45) is 10.9 Å². The van der Waals surface area contributed by atoms with Crippen LogP contribution in [0.5, 0.6) is 0 Å². The molecule has 1 heterocycles. The topological polar surface area (TPSA) is 66.0 Å². The normalized spacial score (nSPS) is 24.4. The number of carbonyl (C=O) groups excluding carboxylic acids is 1. The summed E-state index contributed by atoms with van der Waals surface area (Å²) in [6.07, 6.45) is 3.52. The van der Waals surface area contributed by atoms with Crippen molar-refractivity contribution in [2.45, 2.75) is 64.6 Å². The minimum absolute atomic E-state index is 0. The average molecular weight is 438 g/mol. The van der Waals surface area contributed by atoms with Crippen molar-refractivity contribution in [3.8, 4) is 0 Å². The van der Waals surface area contributed by atoms with Gasteiger partial charge in [-0.1, -0.05) is 13.3 Å². The minimum atomic E-state index is -0.437. The number of amides is 1. The van der Waals surface area contributed by atoms with E-state index in [2.05, 4.69) is 22.5 Å². The molecule has 2 fully saturated rings. The van der Waals surface area contributed by atoms with Crippen molar-refractivity contribution in [1.29, 1.82) is 0 Å². The summed E-state index contributed by atoms with van der Waals surface area (Å²) in [7, 11) is 1.79. The number of nitrogens with one attached hydrogen (secondary N) is 2. The summed E-state index contributed by atoms with van der Waals surface area (Å²) in [5.41, 5.74) is -0.437. The number of nitrogens with zero attached hydrogens (tertiary/aromatic N) is 2. The standard InChI is InChI=1S/C16H30N4O2.HI/c1-6-7-11-8-13(11)19-14(17-5)18-12-9-20(10-12)15(21)22-16(2,3)4;/h11-13H,6-10H2,1-5H3,(H2,17,18,19);1H. The van der Waals surface area contributed by atoms with E-state index in [0.29, 0.717) is 19.1 Å². The Kier molecular flexibility index (Phi) is 7.41. The van der Waals surface area contributed by atoms with Gasteiger partial charge >= 0.3 is 6.09 Å². The lowest BCUT2D eigenvalue weighted by Crippen LogP contribution is -2.63. The van der Waals surface area contributed by atoms with E-state index in [1.165, 1.54) is 19.3 Å². The maximum atomic E-state index is 11.9. The predicted octanol–water partition coefficient (Wildman–Crippen LogP) is 2.58. The SMILES string of the molecule is CCCC1CC1NC(=NC)NC1CN(C(=O)OC(C)(C)C)C1.I. The molecule has 0 aromatic heterocycles. The van der Waals surface area contributed by atoms with E-state index >= 15 is 0 Å². The van der Waals surface area contributed by atoms with Crippen LogP contribution in [-0.4, -0.2) is 54.8 Å². The number of carbonyl (C=O) groups is 1. The Morgan fingerprint density at radius 3 is 2.48 bits per heavy atom. The zero-order valence-electron chi connectivity index (χ0n) is 14.9. The summed E-state index contributed by atoms with van der Waals surface area (Å²) >= 11 is 0. The molecule has 1 saturated heterocycles. The van der Waals surface area contributed by atoms with Gasteiger partial charge in [0.1, 0.15) is 5.60 Å². The van der Waals surface area contributed by atoms with E-state index < -0.39 is 5.60 Å². The fraction of sp³-hybridized carbons (Fsp3) is 0.875. The summed E-state index contributed by atoms with van der Waals surface area (Å²) in [6, 6.07) is 0.815. The zero-order valence-corrected chi connectivity index (χ0v) is 17.2. The fourth-order valence-electron chi connectivity index (χ4n) is 2.70. The second-order valence-corrected chi connectivity index (χ2v) is 7.33. The van der Waals surface area contributed by atoms with Crippen LogP contribution in [0.25, 0.3) is 0 Å². The maximum absolute atomic E-state index is 11.9. The Bertz CT molecular complexity index is 430. The first-order valence-corrected chi connectivity index (χ1v) is 8.30. The summed E-state index contributed by atoms with van der Waals surface area (Å²) in [4.78, 5) is 17.9. The number of guanidine groups is 1. The Labute approximate surface area is 156 Å². The molecule has 0 spiro atoms. The van der Waals surface area contributed by atoms with E-state index in [9.17, 15) is 4.79 Å². The van der Waals surface area contributed by atoms with Crippen LogP contribution in [0.3, 0.4) is 0 Å². The average Bonchev–Trinajstić information content (AvgIpc) is 3.07. The first-order valence-electron chi connectivity index (χ1n) is 8.30. The van der Waals surface area contributed by atoms with Crippen LogP contribution in [0.4, 0.5) is 4.79 Å². The van der Waals surface area contributed by atoms with Crippen LogP contribution in [0, 0.1) is 5.92 Å². The molecule has 1 aliphatic carbocycles. The smallest absolute Gasteiger partial charge is 0.410 e. The molecule has 134 valence electrons. The van der Waals surface area contributed by atoms with Gasteiger partial charge in [-0.05, 0) is 39.5 Å². The van der Waals surface area contributed by atoms with Crippen molar-refractivity contribution in [3.63, 3.8) is 0 Å². The van der Waals surface area contributed by atoms with Gasteiger partial charge in [0.25, 0.3) is 0 Å². The molecule has 1 saturated carbocycles. The number of aliphatic imine (C=N–C) groups is 1. The highest BCUT2D eigenvalue weighted by Gasteiger charge is 2.38. The van der Waals surface area contributed by atoms with E-state index in [1.807, 2.05) is 20.8 Å². The molecule has 2 rings (SSSR count). The van der Waals surface area contributed by atoms with E-state index in [-0.39, 0.29) is 36.1 Å². The molecule has 0 aromatic rings. The second kappa shape index (κ2) is 8.39. The van der Waals surface area contributed by atoms with Crippen molar-refractivity contribution in [3.05, 3.63) is 0 Å². The number of halogens is 1. The van der Waals surface area contributed by atoms with Gasteiger partial charge < -0.3 is 20.3 Å². The van der Waals surface area contributed by atoms with Gasteiger partial charge in [0.2, 0.25) is 0 Å². The lowest BCUT2D eigenvalue weighted by molar-refractivity contribution is 0.00700. The van der Waals surface area contributed by atoms with Gasteiger partial charge in [0, 0.05) is 26.2 Å². The van der Waals surface area contributed by atoms with Crippen LogP contribution in [0.1, 0.15) is 47.0 Å². The van der Waals surface area contributed by atoms with Crippen molar-refractivity contribution in [2.75, 3.05) is 20.1 Å². The third-order valence-electron chi connectivity index (χ3n) is 4.00. The number of likely N-dealkylation sites (tertiary alicyclic amines) is 1.